The van der Waals surface area contributed by atoms with Crippen LogP contribution < -0.4 is 0 Å². The minimum Gasteiger partial charge on any atom is -0.302 e. The molecule has 1 aromatic carbocycles. The van der Waals surface area contributed by atoms with Gasteiger partial charge in [-0.05, 0) is 24.0 Å². The van der Waals surface area contributed by atoms with Crippen LogP contribution in [0.15, 0.2) is 24.3 Å². The first kappa shape index (κ1) is 10.3. The van der Waals surface area contributed by atoms with Gasteiger partial charge in [-0.3, -0.25) is 0 Å². The average molecular weight is 197 g/mol. The lowest BCUT2D eigenvalue weighted by Gasteiger charge is -2.03. The Morgan fingerprint density at radius 2 is 2.15 bits per heavy atom. The summed E-state index contributed by atoms with van der Waals surface area (Å²) < 4.78 is 0. The van der Waals surface area contributed by atoms with Crippen LogP contribution >= 0.6 is 11.6 Å². The Balaban J connectivity index is 2.71. The van der Waals surface area contributed by atoms with Crippen LogP contribution in [0.3, 0.4) is 0 Å². The van der Waals surface area contributed by atoms with E-state index in [1.54, 1.807) is 0 Å². The number of aryl methyl sites for hydroxylation is 1. The van der Waals surface area contributed by atoms with Crippen LogP contribution in [-0.4, -0.2) is 11.7 Å². The van der Waals surface area contributed by atoms with Crippen molar-refractivity contribution in [3.05, 3.63) is 35.4 Å². The number of benzene rings is 1. The minimum absolute atomic E-state index is 0.396. The number of carbonyl (C=O) groups is 1. The molecule has 1 unspecified atom stereocenters. The average Bonchev–Trinajstić information content (AvgIpc) is 2.18. The third kappa shape index (κ3) is 3.19. The van der Waals surface area contributed by atoms with Crippen LogP contribution in [0.5, 0.6) is 0 Å². The summed E-state index contributed by atoms with van der Waals surface area (Å²) >= 11 is 5.73. The number of hydrogen-bond acceptors (Lipinski definition) is 1. The van der Waals surface area contributed by atoms with Gasteiger partial charge in [0.05, 0.1) is 5.38 Å². The van der Waals surface area contributed by atoms with Gasteiger partial charge < -0.3 is 4.79 Å². The van der Waals surface area contributed by atoms with Crippen molar-refractivity contribution in [2.45, 2.75) is 25.1 Å². The fraction of sp³-hybridized carbons (Fsp3) is 0.364. The Hall–Kier alpha value is -0.820. The van der Waals surface area contributed by atoms with Crippen molar-refractivity contribution < 1.29 is 4.79 Å². The molecule has 1 atom stereocenters. The second-order valence-corrected chi connectivity index (χ2v) is 3.59. The maximum Gasteiger partial charge on any atom is 0.138 e. The van der Waals surface area contributed by atoms with Crippen molar-refractivity contribution in [3.63, 3.8) is 0 Å². The molecule has 0 saturated carbocycles. The molecule has 0 amide bonds. The summed E-state index contributed by atoms with van der Waals surface area (Å²) in [4.78, 5) is 10.3. The largest absolute Gasteiger partial charge is 0.302 e. The highest BCUT2D eigenvalue weighted by molar-refractivity contribution is 6.27. The first-order valence-corrected chi connectivity index (χ1v) is 4.87. The van der Waals surface area contributed by atoms with E-state index in [0.717, 1.165) is 18.3 Å². The molecule has 0 radical (unpaired) electrons. The first-order valence-electron chi connectivity index (χ1n) is 4.43. The minimum atomic E-state index is -0.396. The SMILES string of the molecule is CCc1cccc(CC(Cl)C=O)c1. The van der Waals surface area contributed by atoms with Gasteiger partial charge in [-0.2, -0.15) is 0 Å². The van der Waals surface area contributed by atoms with Crippen LogP contribution in [0.2, 0.25) is 0 Å². The normalized spacial score (nSPS) is 12.5. The molecular formula is C11H13ClO. The molecule has 0 bridgehead atoms. The van der Waals surface area contributed by atoms with E-state index in [-0.39, 0.29) is 0 Å². The van der Waals surface area contributed by atoms with E-state index < -0.39 is 5.38 Å². The molecule has 0 spiro atoms. The molecule has 0 aromatic heterocycles. The Morgan fingerprint density at radius 1 is 1.46 bits per heavy atom. The van der Waals surface area contributed by atoms with E-state index in [0.29, 0.717) is 6.42 Å². The van der Waals surface area contributed by atoms with E-state index >= 15 is 0 Å². The predicted octanol–water partition coefficient (Wildman–Crippen LogP) is 2.60. The van der Waals surface area contributed by atoms with Crippen LogP contribution in [0.25, 0.3) is 0 Å². The van der Waals surface area contributed by atoms with E-state index in [2.05, 4.69) is 19.1 Å². The van der Waals surface area contributed by atoms with Gasteiger partial charge in [-0.25, -0.2) is 0 Å². The van der Waals surface area contributed by atoms with Gasteiger partial charge >= 0.3 is 0 Å². The Morgan fingerprint density at radius 3 is 2.77 bits per heavy atom. The standard InChI is InChI=1S/C11H13ClO/c1-2-9-4-3-5-10(6-9)7-11(12)8-13/h3-6,8,11H,2,7H2,1H3. The highest BCUT2D eigenvalue weighted by Crippen LogP contribution is 2.10. The molecule has 70 valence electrons. The third-order valence-corrected chi connectivity index (χ3v) is 2.24. The fourth-order valence-corrected chi connectivity index (χ4v) is 1.43. The molecule has 0 aliphatic rings. The second-order valence-electron chi connectivity index (χ2n) is 3.03. The van der Waals surface area contributed by atoms with E-state index in [9.17, 15) is 4.79 Å². The lowest BCUT2D eigenvalue weighted by Crippen LogP contribution is -2.04. The van der Waals surface area contributed by atoms with E-state index in [4.69, 9.17) is 11.6 Å². The summed E-state index contributed by atoms with van der Waals surface area (Å²) in [5.41, 5.74) is 2.42. The lowest BCUT2D eigenvalue weighted by atomic mass is 10.1. The Labute approximate surface area is 83.7 Å². The molecule has 2 heteroatoms. The summed E-state index contributed by atoms with van der Waals surface area (Å²) in [6.07, 6.45) is 2.42. The highest BCUT2D eigenvalue weighted by atomic mass is 35.5. The van der Waals surface area contributed by atoms with Crippen LogP contribution in [0, 0.1) is 0 Å². The van der Waals surface area contributed by atoms with E-state index in [1.165, 1.54) is 5.56 Å². The quantitative estimate of drug-likeness (QED) is 0.535. The highest BCUT2D eigenvalue weighted by Gasteiger charge is 2.03. The Kier molecular flexibility index (Phi) is 3.97. The molecule has 0 aliphatic heterocycles. The third-order valence-electron chi connectivity index (χ3n) is 1.98. The molecule has 1 rings (SSSR count). The summed E-state index contributed by atoms with van der Waals surface area (Å²) in [6, 6.07) is 8.17. The molecule has 13 heavy (non-hydrogen) atoms. The van der Waals surface area contributed by atoms with Crippen LogP contribution in [0.1, 0.15) is 18.1 Å². The van der Waals surface area contributed by atoms with Gasteiger partial charge in [0.15, 0.2) is 0 Å². The maximum atomic E-state index is 10.3. The second kappa shape index (κ2) is 5.03. The molecule has 0 saturated heterocycles. The molecule has 1 aromatic rings. The van der Waals surface area contributed by atoms with Gasteiger partial charge in [-0.15, -0.1) is 11.6 Å². The number of alkyl halides is 1. The van der Waals surface area contributed by atoms with Crippen molar-refractivity contribution in [1.82, 2.24) is 0 Å². The fourth-order valence-electron chi connectivity index (χ4n) is 1.25. The number of carbonyl (C=O) groups excluding carboxylic acids is 1. The van der Waals surface area contributed by atoms with Gasteiger partial charge in [-0.1, -0.05) is 31.2 Å². The number of halogens is 1. The van der Waals surface area contributed by atoms with Gasteiger partial charge in [0.1, 0.15) is 6.29 Å². The zero-order valence-corrected chi connectivity index (χ0v) is 8.42. The topological polar surface area (TPSA) is 17.1 Å². The smallest absolute Gasteiger partial charge is 0.138 e. The van der Waals surface area contributed by atoms with E-state index in [1.807, 2.05) is 12.1 Å². The summed E-state index contributed by atoms with van der Waals surface area (Å²) in [6.45, 7) is 2.11. The first-order chi connectivity index (χ1) is 6.26. The van der Waals surface area contributed by atoms with Crippen molar-refractivity contribution >= 4 is 17.9 Å². The summed E-state index contributed by atoms with van der Waals surface area (Å²) in [5, 5.41) is -0.396. The molecule has 0 N–H and O–H groups in total. The van der Waals surface area contributed by atoms with Gasteiger partial charge in [0.25, 0.3) is 0 Å². The summed E-state index contributed by atoms with van der Waals surface area (Å²) in [7, 11) is 0. The molecule has 0 heterocycles. The molecule has 1 nitrogen and oxygen atoms in total. The number of hydrogen-bond donors (Lipinski definition) is 0. The van der Waals surface area contributed by atoms with Crippen molar-refractivity contribution in [3.8, 4) is 0 Å². The summed E-state index contributed by atoms with van der Waals surface area (Å²) in [5.74, 6) is 0. The number of aldehydes is 1. The molecular weight excluding hydrogens is 184 g/mol. The van der Waals surface area contributed by atoms with Crippen molar-refractivity contribution in [2.75, 3.05) is 0 Å². The molecule has 0 aliphatic carbocycles. The van der Waals surface area contributed by atoms with Crippen LogP contribution in [-0.2, 0) is 17.6 Å². The van der Waals surface area contributed by atoms with Gasteiger partial charge in [0.2, 0.25) is 0 Å². The Bertz CT molecular complexity index is 283. The molecule has 0 fully saturated rings. The monoisotopic (exact) mass is 196 g/mol. The predicted molar refractivity (Wildman–Crippen MR) is 55.2 cm³/mol. The van der Waals surface area contributed by atoms with Crippen molar-refractivity contribution in [2.24, 2.45) is 0 Å². The lowest BCUT2D eigenvalue weighted by molar-refractivity contribution is -0.107. The maximum absolute atomic E-state index is 10.3. The van der Waals surface area contributed by atoms with Crippen molar-refractivity contribution in [1.29, 1.82) is 0 Å². The van der Waals surface area contributed by atoms with Gasteiger partial charge in [0, 0.05) is 0 Å². The zero-order valence-electron chi connectivity index (χ0n) is 7.66. The number of rotatable bonds is 4. The zero-order chi connectivity index (χ0) is 9.68. The van der Waals surface area contributed by atoms with Crippen LogP contribution in [0.4, 0.5) is 0 Å².